The number of amides is 1. The summed E-state index contributed by atoms with van der Waals surface area (Å²) >= 11 is 0. The smallest absolute Gasteiger partial charge is 0.255 e. The second-order valence-corrected chi connectivity index (χ2v) is 5.94. The van der Waals surface area contributed by atoms with Crippen molar-refractivity contribution < 1.29 is 19.0 Å². The zero-order chi connectivity index (χ0) is 17.0. The summed E-state index contributed by atoms with van der Waals surface area (Å²) in [7, 11) is 4.76. The molecule has 1 saturated heterocycles. The Hall–Kier alpha value is -1.79. The third-order valence-electron chi connectivity index (χ3n) is 4.29. The van der Waals surface area contributed by atoms with Crippen molar-refractivity contribution in [2.45, 2.75) is 32.0 Å². The van der Waals surface area contributed by atoms with E-state index in [0.29, 0.717) is 23.1 Å². The minimum atomic E-state index is -0.182. The minimum absolute atomic E-state index is 0.0158. The van der Waals surface area contributed by atoms with Gasteiger partial charge in [-0.05, 0) is 26.0 Å². The summed E-state index contributed by atoms with van der Waals surface area (Å²) in [5, 5.41) is 3.07. The van der Waals surface area contributed by atoms with Gasteiger partial charge in [-0.1, -0.05) is 6.07 Å². The molecule has 1 aliphatic heterocycles. The van der Waals surface area contributed by atoms with Gasteiger partial charge in [0.05, 0.1) is 31.9 Å². The van der Waals surface area contributed by atoms with Crippen LogP contribution in [0.1, 0.15) is 24.2 Å². The van der Waals surface area contributed by atoms with E-state index in [1.165, 1.54) is 7.11 Å². The van der Waals surface area contributed by atoms with Gasteiger partial charge in [0.1, 0.15) is 0 Å². The molecule has 1 aliphatic rings. The van der Waals surface area contributed by atoms with E-state index in [1.54, 1.807) is 32.4 Å². The van der Waals surface area contributed by atoms with Crippen LogP contribution in [0.4, 0.5) is 0 Å². The molecule has 23 heavy (non-hydrogen) atoms. The molecular weight excluding hydrogens is 296 g/mol. The van der Waals surface area contributed by atoms with Gasteiger partial charge in [-0.2, -0.15) is 0 Å². The normalized spacial score (nSPS) is 21.5. The lowest BCUT2D eigenvalue weighted by atomic mass is 10.1. The molecule has 1 amide bonds. The van der Waals surface area contributed by atoms with Gasteiger partial charge in [-0.15, -0.1) is 0 Å². The fourth-order valence-electron chi connectivity index (χ4n) is 2.91. The number of hydrogen-bond acceptors (Lipinski definition) is 5. The Balaban J connectivity index is 2.16. The monoisotopic (exact) mass is 322 g/mol. The van der Waals surface area contributed by atoms with E-state index in [-0.39, 0.29) is 18.1 Å². The fraction of sp³-hybridized carbons (Fsp3) is 0.588. The van der Waals surface area contributed by atoms with E-state index in [0.717, 1.165) is 13.1 Å². The Bertz CT molecular complexity index is 547. The zero-order valence-electron chi connectivity index (χ0n) is 14.5. The van der Waals surface area contributed by atoms with Crippen molar-refractivity contribution in [3.05, 3.63) is 23.8 Å². The lowest BCUT2D eigenvalue weighted by Gasteiger charge is -2.20. The van der Waals surface area contributed by atoms with Crippen molar-refractivity contribution in [3.63, 3.8) is 0 Å². The molecule has 128 valence electrons. The van der Waals surface area contributed by atoms with Crippen LogP contribution >= 0.6 is 0 Å². The summed E-state index contributed by atoms with van der Waals surface area (Å²) in [5.41, 5.74) is 0.463. The first-order valence-corrected chi connectivity index (χ1v) is 7.80. The van der Waals surface area contributed by atoms with Crippen molar-refractivity contribution in [3.8, 4) is 11.5 Å². The number of carbonyl (C=O) groups is 1. The highest BCUT2D eigenvalue weighted by Gasteiger charge is 2.35. The van der Waals surface area contributed by atoms with E-state index < -0.39 is 0 Å². The van der Waals surface area contributed by atoms with Crippen LogP contribution in [0.5, 0.6) is 11.5 Å². The summed E-state index contributed by atoms with van der Waals surface area (Å²) in [5.74, 6) is 0.803. The Labute approximate surface area is 137 Å². The van der Waals surface area contributed by atoms with Crippen LogP contribution in [0.15, 0.2) is 18.2 Å². The predicted octanol–water partition coefficient (Wildman–Crippen LogP) is 1.54. The Morgan fingerprint density at radius 3 is 2.52 bits per heavy atom. The number of nitrogens with one attached hydrogen (secondary N) is 1. The Morgan fingerprint density at radius 2 is 1.96 bits per heavy atom. The lowest BCUT2D eigenvalue weighted by molar-refractivity contribution is 0.0751. The maximum atomic E-state index is 12.7. The van der Waals surface area contributed by atoms with Gasteiger partial charge in [0, 0.05) is 26.2 Å². The number of ether oxygens (including phenoxy) is 3. The quantitative estimate of drug-likeness (QED) is 0.861. The maximum absolute atomic E-state index is 12.7. The van der Waals surface area contributed by atoms with Crippen molar-refractivity contribution in [1.29, 1.82) is 0 Å². The highest BCUT2D eigenvalue weighted by molar-refractivity contribution is 5.98. The van der Waals surface area contributed by atoms with Crippen LogP contribution < -0.4 is 14.8 Å². The summed E-state index contributed by atoms with van der Waals surface area (Å²) in [4.78, 5) is 15.0. The second-order valence-electron chi connectivity index (χ2n) is 5.94. The average molecular weight is 322 g/mol. The molecule has 0 saturated carbocycles. The van der Waals surface area contributed by atoms with Gasteiger partial charge in [0.25, 0.3) is 5.91 Å². The third kappa shape index (κ3) is 3.76. The van der Waals surface area contributed by atoms with E-state index in [9.17, 15) is 4.79 Å². The number of benzene rings is 1. The van der Waals surface area contributed by atoms with Crippen LogP contribution in [0.2, 0.25) is 0 Å². The summed E-state index contributed by atoms with van der Waals surface area (Å²) in [6, 6.07) is 5.64. The molecule has 2 atom stereocenters. The number of methoxy groups -OCH3 is 3. The molecule has 6 heteroatoms. The summed E-state index contributed by atoms with van der Waals surface area (Å²) < 4.78 is 16.1. The molecule has 0 bridgehead atoms. The fourth-order valence-corrected chi connectivity index (χ4v) is 2.91. The van der Waals surface area contributed by atoms with Gasteiger partial charge in [-0.3, -0.25) is 9.69 Å². The standard InChI is InChI=1S/C17H26N2O4/c1-11(2)19-9-13(15(10-19)22-4)18-17(20)12-7-6-8-14(21-3)16(12)23-5/h6-8,11,13,15H,9-10H2,1-5H3,(H,18,20)/t13-,15-/m0/s1. The first-order chi connectivity index (χ1) is 11.0. The van der Waals surface area contributed by atoms with Crippen molar-refractivity contribution in [1.82, 2.24) is 10.2 Å². The Morgan fingerprint density at radius 1 is 1.22 bits per heavy atom. The minimum Gasteiger partial charge on any atom is -0.493 e. The molecular formula is C17H26N2O4. The highest BCUT2D eigenvalue weighted by Crippen LogP contribution is 2.30. The Kier molecular flexibility index (Phi) is 5.85. The van der Waals surface area contributed by atoms with Crippen LogP contribution in [-0.2, 0) is 4.74 Å². The maximum Gasteiger partial charge on any atom is 0.255 e. The number of hydrogen-bond donors (Lipinski definition) is 1. The molecule has 1 heterocycles. The summed E-state index contributed by atoms with van der Waals surface area (Å²) in [6.45, 7) is 5.87. The van der Waals surface area contributed by atoms with E-state index in [2.05, 4.69) is 24.1 Å². The molecule has 0 aliphatic carbocycles. The van der Waals surface area contributed by atoms with E-state index >= 15 is 0 Å². The van der Waals surface area contributed by atoms with E-state index in [1.807, 2.05) is 0 Å². The largest absolute Gasteiger partial charge is 0.493 e. The predicted molar refractivity (Wildman–Crippen MR) is 88.3 cm³/mol. The second kappa shape index (κ2) is 7.66. The number of rotatable bonds is 6. The van der Waals surface area contributed by atoms with Crippen molar-refractivity contribution in [2.24, 2.45) is 0 Å². The molecule has 1 aromatic carbocycles. The molecule has 1 aromatic rings. The molecule has 0 spiro atoms. The first-order valence-electron chi connectivity index (χ1n) is 7.80. The molecule has 0 aromatic heterocycles. The van der Waals surface area contributed by atoms with Crippen molar-refractivity contribution >= 4 is 5.91 Å². The molecule has 0 unspecified atom stereocenters. The number of para-hydroxylation sites is 1. The van der Waals surface area contributed by atoms with Crippen LogP contribution in [0.3, 0.4) is 0 Å². The molecule has 2 rings (SSSR count). The topological polar surface area (TPSA) is 60.0 Å². The van der Waals surface area contributed by atoms with E-state index in [4.69, 9.17) is 14.2 Å². The zero-order valence-corrected chi connectivity index (χ0v) is 14.5. The van der Waals surface area contributed by atoms with Crippen LogP contribution in [0, 0.1) is 0 Å². The highest BCUT2D eigenvalue weighted by atomic mass is 16.5. The number of nitrogens with zero attached hydrogens (tertiary/aromatic N) is 1. The van der Waals surface area contributed by atoms with Crippen LogP contribution in [0.25, 0.3) is 0 Å². The first kappa shape index (κ1) is 17.6. The summed E-state index contributed by atoms with van der Waals surface area (Å²) in [6.07, 6.45) is -0.0158. The van der Waals surface area contributed by atoms with Gasteiger partial charge >= 0.3 is 0 Å². The molecule has 1 fully saturated rings. The number of likely N-dealkylation sites (tertiary alicyclic amines) is 1. The van der Waals surface area contributed by atoms with Gasteiger partial charge in [-0.25, -0.2) is 0 Å². The van der Waals surface area contributed by atoms with Gasteiger partial charge in [0.2, 0.25) is 0 Å². The van der Waals surface area contributed by atoms with Gasteiger partial charge in [0.15, 0.2) is 11.5 Å². The van der Waals surface area contributed by atoms with Gasteiger partial charge < -0.3 is 19.5 Å². The third-order valence-corrected chi connectivity index (χ3v) is 4.29. The van der Waals surface area contributed by atoms with Crippen LogP contribution in [-0.4, -0.2) is 63.4 Å². The number of carbonyl (C=O) groups excluding carboxylic acids is 1. The molecule has 1 N–H and O–H groups in total. The molecule has 6 nitrogen and oxygen atoms in total. The average Bonchev–Trinajstić information content (AvgIpc) is 2.97. The van der Waals surface area contributed by atoms with Crippen molar-refractivity contribution in [2.75, 3.05) is 34.4 Å². The lowest BCUT2D eigenvalue weighted by Crippen LogP contribution is -2.43. The molecule has 0 radical (unpaired) electrons. The SMILES string of the molecule is COc1cccc(C(=O)N[C@H]2CN(C(C)C)C[C@@H]2OC)c1OC.